The van der Waals surface area contributed by atoms with Gasteiger partial charge in [0, 0.05) is 0 Å². The minimum Gasteiger partial charge on any atom is -0.465 e. The highest BCUT2D eigenvalue weighted by atomic mass is 16.5. The number of esters is 1. The molecule has 0 aliphatic heterocycles. The molecule has 0 N–H and O–H groups in total. The number of hydrogen-bond acceptors (Lipinski definition) is 4. The smallest absolute Gasteiger partial charge is 0.420 e. The van der Waals surface area contributed by atoms with E-state index in [0.29, 0.717) is 23.2 Å². The maximum Gasteiger partial charge on any atom is 0.420 e. The number of benzene rings is 2. The predicted molar refractivity (Wildman–Crippen MR) is 96.1 cm³/mol. The Kier molecular flexibility index (Phi) is 4.25. The van der Waals surface area contributed by atoms with Crippen LogP contribution in [0, 0.1) is 0 Å². The number of rotatable bonds is 3. The van der Waals surface area contributed by atoms with Crippen molar-refractivity contribution in [2.45, 2.75) is 32.7 Å². The van der Waals surface area contributed by atoms with Gasteiger partial charge in [-0.2, -0.15) is 0 Å². The van der Waals surface area contributed by atoms with E-state index in [9.17, 15) is 9.59 Å². The van der Waals surface area contributed by atoms with Crippen LogP contribution in [0.2, 0.25) is 0 Å². The minimum atomic E-state index is -0.463. The van der Waals surface area contributed by atoms with Crippen molar-refractivity contribution in [3.63, 3.8) is 0 Å². The third-order valence-electron chi connectivity index (χ3n) is 4.25. The van der Waals surface area contributed by atoms with Gasteiger partial charge in [0.05, 0.1) is 24.7 Å². The Hall–Kier alpha value is -2.82. The first kappa shape index (κ1) is 17.0. The van der Waals surface area contributed by atoms with E-state index in [1.165, 1.54) is 18.7 Å². The Morgan fingerprint density at radius 1 is 1.12 bits per heavy atom. The lowest BCUT2D eigenvalue weighted by molar-refractivity contribution is 0.0601. The maximum atomic E-state index is 12.2. The topological polar surface area (TPSA) is 61.4 Å². The molecule has 0 spiro atoms. The average molecular weight is 339 g/mol. The van der Waals surface area contributed by atoms with Gasteiger partial charge >= 0.3 is 11.7 Å². The summed E-state index contributed by atoms with van der Waals surface area (Å²) in [5, 5.41) is 0. The Labute approximate surface area is 145 Å². The van der Waals surface area contributed by atoms with E-state index in [2.05, 4.69) is 32.9 Å². The van der Waals surface area contributed by atoms with Gasteiger partial charge in [-0.15, -0.1) is 0 Å². The van der Waals surface area contributed by atoms with Crippen molar-refractivity contribution in [2.24, 2.45) is 0 Å². The van der Waals surface area contributed by atoms with Gasteiger partial charge in [0.1, 0.15) is 0 Å². The summed E-state index contributed by atoms with van der Waals surface area (Å²) in [4.78, 5) is 23.8. The zero-order valence-corrected chi connectivity index (χ0v) is 14.8. The molecule has 5 heteroatoms. The zero-order chi connectivity index (χ0) is 18.2. The second-order valence-corrected chi connectivity index (χ2v) is 7.08. The van der Waals surface area contributed by atoms with Crippen molar-refractivity contribution in [3.8, 4) is 0 Å². The monoisotopic (exact) mass is 339 g/mol. The largest absolute Gasteiger partial charge is 0.465 e. The molecule has 3 aromatic rings. The van der Waals surface area contributed by atoms with Crippen molar-refractivity contribution in [1.82, 2.24) is 4.57 Å². The Balaban J connectivity index is 1.95. The standard InChI is InChI=1S/C20H21NO4/c1-20(2,3)15-8-5-13(6-9-15)12-21-16-10-7-14(18(22)24-4)11-17(16)25-19(21)23/h5-11H,12H2,1-4H3. The van der Waals surface area contributed by atoms with E-state index < -0.39 is 11.7 Å². The fourth-order valence-corrected chi connectivity index (χ4v) is 2.75. The number of nitrogens with zero attached hydrogens (tertiary/aromatic N) is 1. The Morgan fingerprint density at radius 3 is 2.40 bits per heavy atom. The fraction of sp³-hybridized carbons (Fsp3) is 0.300. The van der Waals surface area contributed by atoms with Gasteiger partial charge in [-0.1, -0.05) is 45.0 Å². The normalized spacial score (nSPS) is 11.7. The first-order chi connectivity index (χ1) is 11.8. The zero-order valence-electron chi connectivity index (χ0n) is 14.8. The van der Waals surface area contributed by atoms with Gasteiger partial charge in [0.2, 0.25) is 0 Å². The van der Waals surface area contributed by atoms with E-state index >= 15 is 0 Å². The molecule has 1 heterocycles. The number of methoxy groups -OCH3 is 1. The second kappa shape index (κ2) is 6.24. The number of carbonyl (C=O) groups is 1. The number of hydrogen-bond donors (Lipinski definition) is 0. The van der Waals surface area contributed by atoms with Crippen LogP contribution in [0.1, 0.15) is 42.3 Å². The fourth-order valence-electron chi connectivity index (χ4n) is 2.75. The van der Waals surface area contributed by atoms with Crippen LogP contribution in [-0.4, -0.2) is 17.6 Å². The number of fused-ring (bicyclic) bond motifs is 1. The summed E-state index contributed by atoms with van der Waals surface area (Å²) in [6.45, 7) is 6.90. The lowest BCUT2D eigenvalue weighted by Gasteiger charge is -2.19. The van der Waals surface area contributed by atoms with Crippen molar-refractivity contribution < 1.29 is 13.9 Å². The van der Waals surface area contributed by atoms with Gasteiger partial charge in [0.15, 0.2) is 5.58 Å². The van der Waals surface area contributed by atoms with Gasteiger partial charge in [0.25, 0.3) is 0 Å². The third kappa shape index (κ3) is 3.36. The highest BCUT2D eigenvalue weighted by Gasteiger charge is 2.15. The SMILES string of the molecule is COC(=O)c1ccc2c(c1)oc(=O)n2Cc1ccc(C(C)(C)C)cc1. The van der Waals surface area contributed by atoms with Crippen LogP contribution in [0.15, 0.2) is 51.7 Å². The van der Waals surface area contributed by atoms with Crippen molar-refractivity contribution >= 4 is 17.1 Å². The van der Waals surface area contributed by atoms with E-state index in [-0.39, 0.29) is 5.41 Å². The molecule has 0 aliphatic rings. The molecule has 0 unspecified atom stereocenters. The van der Waals surface area contributed by atoms with Gasteiger partial charge in [-0.3, -0.25) is 4.57 Å². The molecule has 25 heavy (non-hydrogen) atoms. The maximum absolute atomic E-state index is 12.2. The Morgan fingerprint density at radius 2 is 1.80 bits per heavy atom. The summed E-state index contributed by atoms with van der Waals surface area (Å²) in [6, 6.07) is 13.1. The van der Waals surface area contributed by atoms with E-state index in [1.54, 1.807) is 16.7 Å². The van der Waals surface area contributed by atoms with Crippen LogP contribution in [0.3, 0.4) is 0 Å². The van der Waals surface area contributed by atoms with Gasteiger partial charge in [-0.05, 0) is 34.7 Å². The highest BCUT2D eigenvalue weighted by Crippen LogP contribution is 2.23. The molecule has 0 amide bonds. The molecule has 1 aromatic heterocycles. The number of carbonyl (C=O) groups excluding carboxylic acids is 1. The van der Waals surface area contributed by atoms with Gasteiger partial charge < -0.3 is 9.15 Å². The molecule has 2 aromatic carbocycles. The van der Waals surface area contributed by atoms with E-state index in [0.717, 1.165) is 5.56 Å². The van der Waals surface area contributed by atoms with Crippen LogP contribution < -0.4 is 5.76 Å². The summed E-state index contributed by atoms with van der Waals surface area (Å²) in [5.41, 5.74) is 3.71. The van der Waals surface area contributed by atoms with E-state index in [1.807, 2.05) is 12.1 Å². The van der Waals surface area contributed by atoms with Crippen LogP contribution in [-0.2, 0) is 16.7 Å². The first-order valence-corrected chi connectivity index (χ1v) is 8.11. The number of aromatic nitrogens is 1. The third-order valence-corrected chi connectivity index (χ3v) is 4.25. The molecule has 0 saturated carbocycles. The quantitative estimate of drug-likeness (QED) is 0.682. The summed E-state index contributed by atoms with van der Waals surface area (Å²) >= 11 is 0. The van der Waals surface area contributed by atoms with Crippen LogP contribution >= 0.6 is 0 Å². The van der Waals surface area contributed by atoms with Gasteiger partial charge in [-0.25, -0.2) is 9.59 Å². The van der Waals surface area contributed by atoms with Crippen LogP contribution in [0.5, 0.6) is 0 Å². The van der Waals surface area contributed by atoms with E-state index in [4.69, 9.17) is 9.15 Å². The van der Waals surface area contributed by atoms with Crippen LogP contribution in [0.4, 0.5) is 0 Å². The number of oxazole rings is 1. The molecule has 0 radical (unpaired) electrons. The first-order valence-electron chi connectivity index (χ1n) is 8.11. The lowest BCUT2D eigenvalue weighted by Crippen LogP contribution is -2.15. The summed E-state index contributed by atoms with van der Waals surface area (Å²) in [6.07, 6.45) is 0. The summed E-state index contributed by atoms with van der Waals surface area (Å²) in [5.74, 6) is -0.910. The predicted octanol–water partition coefficient (Wildman–Crippen LogP) is 3.73. The molecule has 0 bridgehead atoms. The molecule has 0 aliphatic carbocycles. The lowest BCUT2D eigenvalue weighted by atomic mass is 9.87. The Bertz CT molecular complexity index is 972. The second-order valence-electron chi connectivity index (χ2n) is 7.08. The summed E-state index contributed by atoms with van der Waals surface area (Å²) in [7, 11) is 1.31. The molecule has 0 saturated heterocycles. The van der Waals surface area contributed by atoms with Crippen LogP contribution in [0.25, 0.3) is 11.1 Å². The molecule has 5 nitrogen and oxygen atoms in total. The van der Waals surface area contributed by atoms with Crippen molar-refractivity contribution in [2.75, 3.05) is 7.11 Å². The number of ether oxygens (including phenoxy) is 1. The molecule has 130 valence electrons. The molecular weight excluding hydrogens is 318 g/mol. The minimum absolute atomic E-state index is 0.0853. The van der Waals surface area contributed by atoms with Crippen molar-refractivity contribution in [3.05, 3.63) is 69.7 Å². The highest BCUT2D eigenvalue weighted by molar-refractivity contribution is 5.93. The average Bonchev–Trinajstić information content (AvgIpc) is 2.88. The van der Waals surface area contributed by atoms with Crippen molar-refractivity contribution in [1.29, 1.82) is 0 Å². The molecule has 0 fully saturated rings. The summed E-state index contributed by atoms with van der Waals surface area (Å²) < 4.78 is 11.5. The molecular formula is C20H21NO4. The molecule has 0 atom stereocenters. The molecule has 3 rings (SSSR count).